The van der Waals surface area contributed by atoms with E-state index in [1.54, 1.807) is 14.2 Å². The van der Waals surface area contributed by atoms with Gasteiger partial charge in [-0.1, -0.05) is 12.1 Å². The van der Waals surface area contributed by atoms with E-state index in [9.17, 15) is 0 Å². The summed E-state index contributed by atoms with van der Waals surface area (Å²) in [7, 11) is 3.32. The van der Waals surface area contributed by atoms with Gasteiger partial charge in [0.15, 0.2) is 6.29 Å². The van der Waals surface area contributed by atoms with Crippen molar-refractivity contribution in [2.24, 2.45) is 5.73 Å². The van der Waals surface area contributed by atoms with Crippen LogP contribution in [-0.2, 0) is 9.47 Å². The number of benzene rings is 1. The van der Waals surface area contributed by atoms with Crippen molar-refractivity contribution in [1.29, 1.82) is 0 Å². The summed E-state index contributed by atoms with van der Waals surface area (Å²) in [6.07, 6.45) is 0.473. The summed E-state index contributed by atoms with van der Waals surface area (Å²) >= 11 is 0. The van der Waals surface area contributed by atoms with Crippen LogP contribution in [0.1, 0.15) is 25.8 Å². The van der Waals surface area contributed by atoms with Crippen molar-refractivity contribution in [1.82, 2.24) is 0 Å². The zero-order valence-electron chi connectivity index (χ0n) is 13.3. The lowest BCUT2D eigenvalue weighted by molar-refractivity contribution is -0.115. The number of aryl methyl sites for hydroxylation is 1. The van der Waals surface area contributed by atoms with Crippen molar-refractivity contribution in [3.05, 3.63) is 29.8 Å². The Kier molecular flexibility index (Phi) is 6.46. The quantitative estimate of drug-likeness (QED) is 0.743. The van der Waals surface area contributed by atoms with Crippen LogP contribution in [-0.4, -0.2) is 39.1 Å². The highest BCUT2D eigenvalue weighted by molar-refractivity contribution is 5.51. The molecule has 4 heteroatoms. The summed E-state index contributed by atoms with van der Waals surface area (Å²) in [5.41, 5.74) is 8.29. The van der Waals surface area contributed by atoms with Crippen LogP contribution in [0.5, 0.6) is 0 Å². The molecule has 4 nitrogen and oxygen atoms in total. The fourth-order valence-electron chi connectivity index (χ4n) is 2.60. The molecule has 0 fully saturated rings. The molecule has 0 saturated carbocycles. The molecule has 0 aliphatic heterocycles. The summed E-state index contributed by atoms with van der Waals surface area (Å²) < 4.78 is 10.7. The second-order valence-corrected chi connectivity index (χ2v) is 5.39. The third-order valence-electron chi connectivity index (χ3n) is 3.85. The SMILES string of the molecule is CCN(c1cccc(C)c1)C(C)(CN)CC(OC)OC. The molecule has 0 saturated heterocycles. The van der Waals surface area contributed by atoms with E-state index in [2.05, 4.69) is 49.9 Å². The summed E-state index contributed by atoms with van der Waals surface area (Å²) in [5, 5.41) is 0. The first-order valence-electron chi connectivity index (χ1n) is 7.10. The number of hydrogen-bond donors (Lipinski definition) is 1. The molecular formula is C16H28N2O2. The number of nitrogens with zero attached hydrogens (tertiary/aromatic N) is 1. The molecule has 20 heavy (non-hydrogen) atoms. The Morgan fingerprint density at radius 2 is 1.95 bits per heavy atom. The average molecular weight is 280 g/mol. The molecule has 0 aliphatic carbocycles. The van der Waals surface area contributed by atoms with E-state index in [0.29, 0.717) is 6.54 Å². The normalized spacial score (nSPS) is 14.3. The zero-order valence-corrected chi connectivity index (χ0v) is 13.3. The first kappa shape index (κ1) is 17.0. The van der Waals surface area contributed by atoms with E-state index in [1.165, 1.54) is 11.3 Å². The van der Waals surface area contributed by atoms with Gasteiger partial charge in [-0.3, -0.25) is 0 Å². The maximum absolute atomic E-state index is 6.06. The minimum atomic E-state index is -0.248. The summed E-state index contributed by atoms with van der Waals surface area (Å²) in [6.45, 7) is 7.83. The van der Waals surface area contributed by atoms with E-state index in [0.717, 1.165) is 13.0 Å². The molecule has 1 aromatic rings. The summed E-state index contributed by atoms with van der Waals surface area (Å²) in [6, 6.07) is 8.49. The van der Waals surface area contributed by atoms with E-state index in [4.69, 9.17) is 15.2 Å². The lowest BCUT2D eigenvalue weighted by Crippen LogP contribution is -2.54. The van der Waals surface area contributed by atoms with Gasteiger partial charge in [-0.05, 0) is 38.5 Å². The van der Waals surface area contributed by atoms with Crippen LogP contribution in [0, 0.1) is 6.92 Å². The minimum Gasteiger partial charge on any atom is -0.365 e. The Morgan fingerprint density at radius 1 is 1.30 bits per heavy atom. The minimum absolute atomic E-state index is 0.209. The Labute approximate surface area is 122 Å². The molecule has 0 amide bonds. The molecular weight excluding hydrogens is 252 g/mol. The fraction of sp³-hybridized carbons (Fsp3) is 0.625. The average Bonchev–Trinajstić information content (AvgIpc) is 2.45. The molecule has 2 N–H and O–H groups in total. The molecule has 1 aromatic carbocycles. The Hall–Kier alpha value is -1.10. The standard InChI is InChI=1S/C16H28N2O2/c1-6-18(14-9-7-8-13(2)10-14)16(3,12-17)11-15(19-4)20-5/h7-10,15H,6,11-12,17H2,1-5H3. The van der Waals surface area contributed by atoms with Crippen LogP contribution in [0.25, 0.3) is 0 Å². The van der Waals surface area contributed by atoms with Gasteiger partial charge in [0.1, 0.15) is 0 Å². The smallest absolute Gasteiger partial charge is 0.159 e. The molecule has 0 bridgehead atoms. The predicted molar refractivity (Wildman–Crippen MR) is 84.1 cm³/mol. The monoisotopic (exact) mass is 280 g/mol. The highest BCUT2D eigenvalue weighted by atomic mass is 16.7. The van der Waals surface area contributed by atoms with Crippen molar-refractivity contribution >= 4 is 5.69 Å². The number of ether oxygens (including phenoxy) is 2. The van der Waals surface area contributed by atoms with Crippen LogP contribution >= 0.6 is 0 Å². The second kappa shape index (κ2) is 7.62. The van der Waals surface area contributed by atoms with E-state index < -0.39 is 0 Å². The van der Waals surface area contributed by atoms with E-state index in [-0.39, 0.29) is 11.8 Å². The number of methoxy groups -OCH3 is 2. The van der Waals surface area contributed by atoms with Crippen LogP contribution in [0.2, 0.25) is 0 Å². The van der Waals surface area contributed by atoms with Crippen molar-refractivity contribution in [3.8, 4) is 0 Å². The molecule has 1 unspecified atom stereocenters. The molecule has 114 valence electrons. The van der Waals surface area contributed by atoms with Crippen molar-refractivity contribution in [3.63, 3.8) is 0 Å². The Balaban J connectivity index is 3.04. The van der Waals surface area contributed by atoms with Crippen LogP contribution < -0.4 is 10.6 Å². The van der Waals surface area contributed by atoms with Gasteiger partial charge in [0, 0.05) is 39.4 Å². The second-order valence-electron chi connectivity index (χ2n) is 5.39. The van der Waals surface area contributed by atoms with Gasteiger partial charge < -0.3 is 20.1 Å². The van der Waals surface area contributed by atoms with Crippen molar-refractivity contribution in [2.45, 2.75) is 39.0 Å². The van der Waals surface area contributed by atoms with Gasteiger partial charge in [-0.25, -0.2) is 0 Å². The third kappa shape index (κ3) is 3.95. The van der Waals surface area contributed by atoms with Gasteiger partial charge in [-0.2, -0.15) is 0 Å². The van der Waals surface area contributed by atoms with Crippen LogP contribution in [0.3, 0.4) is 0 Å². The molecule has 0 aromatic heterocycles. The summed E-state index contributed by atoms with van der Waals surface area (Å²) in [5.74, 6) is 0. The van der Waals surface area contributed by atoms with Gasteiger partial charge in [0.25, 0.3) is 0 Å². The number of nitrogens with two attached hydrogens (primary N) is 1. The third-order valence-corrected chi connectivity index (χ3v) is 3.85. The lowest BCUT2D eigenvalue weighted by atomic mass is 9.93. The van der Waals surface area contributed by atoms with Gasteiger partial charge in [0.05, 0.1) is 5.54 Å². The number of rotatable bonds is 8. The molecule has 0 aliphatic rings. The molecule has 0 radical (unpaired) electrons. The van der Waals surface area contributed by atoms with Crippen molar-refractivity contribution < 1.29 is 9.47 Å². The largest absolute Gasteiger partial charge is 0.365 e. The highest BCUT2D eigenvalue weighted by Crippen LogP contribution is 2.28. The lowest BCUT2D eigenvalue weighted by Gasteiger charge is -2.43. The van der Waals surface area contributed by atoms with Gasteiger partial charge >= 0.3 is 0 Å². The molecule has 1 rings (SSSR count). The highest BCUT2D eigenvalue weighted by Gasteiger charge is 2.33. The number of likely N-dealkylation sites (N-methyl/N-ethyl adjacent to an activating group) is 1. The summed E-state index contributed by atoms with van der Waals surface area (Å²) in [4.78, 5) is 2.32. The Morgan fingerprint density at radius 3 is 2.40 bits per heavy atom. The van der Waals surface area contributed by atoms with Gasteiger partial charge in [0.2, 0.25) is 0 Å². The number of hydrogen-bond acceptors (Lipinski definition) is 4. The first-order chi connectivity index (χ1) is 9.50. The molecule has 1 atom stereocenters. The molecule has 0 heterocycles. The fourth-order valence-corrected chi connectivity index (χ4v) is 2.60. The first-order valence-corrected chi connectivity index (χ1v) is 7.10. The van der Waals surface area contributed by atoms with E-state index >= 15 is 0 Å². The topological polar surface area (TPSA) is 47.7 Å². The molecule has 0 spiro atoms. The van der Waals surface area contributed by atoms with Crippen LogP contribution in [0.4, 0.5) is 5.69 Å². The maximum Gasteiger partial charge on any atom is 0.159 e. The van der Waals surface area contributed by atoms with E-state index in [1.807, 2.05) is 0 Å². The van der Waals surface area contributed by atoms with Gasteiger partial charge in [-0.15, -0.1) is 0 Å². The van der Waals surface area contributed by atoms with Crippen LogP contribution in [0.15, 0.2) is 24.3 Å². The van der Waals surface area contributed by atoms with Crippen molar-refractivity contribution in [2.75, 3.05) is 32.2 Å². The number of anilines is 1. The predicted octanol–water partition coefficient (Wildman–Crippen LogP) is 2.55. The zero-order chi connectivity index (χ0) is 15.2. The maximum atomic E-state index is 6.06. The Bertz CT molecular complexity index is 407.